The molecule has 0 aliphatic heterocycles. The van der Waals surface area contributed by atoms with E-state index in [1.165, 1.54) is 0 Å². The second-order valence-electron chi connectivity index (χ2n) is 12.0. The van der Waals surface area contributed by atoms with Gasteiger partial charge in [0.25, 0.3) is 5.91 Å². The molecule has 0 unspecified atom stereocenters. The van der Waals surface area contributed by atoms with Gasteiger partial charge < -0.3 is 30.6 Å². The second-order valence-corrected chi connectivity index (χ2v) is 12.0. The maximum absolute atomic E-state index is 13.7. The lowest BCUT2D eigenvalue weighted by molar-refractivity contribution is -0.123. The summed E-state index contributed by atoms with van der Waals surface area (Å²) in [5, 5.41) is 11.8. The topological polar surface area (TPSA) is 111 Å². The van der Waals surface area contributed by atoms with E-state index in [4.69, 9.17) is 4.74 Å². The van der Waals surface area contributed by atoms with Crippen molar-refractivity contribution < 1.29 is 14.3 Å². The van der Waals surface area contributed by atoms with Crippen molar-refractivity contribution >= 4 is 22.6 Å². The van der Waals surface area contributed by atoms with E-state index in [2.05, 4.69) is 62.9 Å². The van der Waals surface area contributed by atoms with Crippen LogP contribution in [0.3, 0.4) is 0 Å². The Hall–Kier alpha value is -4.05. The van der Waals surface area contributed by atoms with E-state index in [1.807, 2.05) is 55.5 Å². The average Bonchev–Trinajstić information content (AvgIpc) is 3.56. The smallest absolute Gasteiger partial charge is 0.251 e. The number of methoxy groups -OCH3 is 1. The van der Waals surface area contributed by atoms with Crippen molar-refractivity contribution in [3.05, 3.63) is 102 Å². The van der Waals surface area contributed by atoms with Crippen LogP contribution < -0.4 is 16.0 Å². The van der Waals surface area contributed by atoms with Gasteiger partial charge in [0.05, 0.1) is 19.2 Å². The Morgan fingerprint density at radius 1 is 0.933 bits per heavy atom. The summed E-state index contributed by atoms with van der Waals surface area (Å²) < 4.78 is 5.31. The largest absolute Gasteiger partial charge is 0.383 e. The number of imidazole rings is 1. The number of rotatable bonds is 18. The molecule has 9 heteroatoms. The fraction of sp³-hybridized carbons (Fsp3) is 0.417. The van der Waals surface area contributed by atoms with Crippen LogP contribution in [0.15, 0.2) is 79.1 Å². The van der Waals surface area contributed by atoms with E-state index >= 15 is 0 Å². The summed E-state index contributed by atoms with van der Waals surface area (Å²) in [5.41, 5.74) is 2.62. The van der Waals surface area contributed by atoms with E-state index < -0.39 is 6.04 Å². The molecule has 0 spiro atoms. The van der Waals surface area contributed by atoms with Crippen LogP contribution in [-0.2, 0) is 22.6 Å². The van der Waals surface area contributed by atoms with Crippen molar-refractivity contribution in [1.82, 2.24) is 30.8 Å². The highest BCUT2D eigenvalue weighted by molar-refractivity contribution is 5.97. The van der Waals surface area contributed by atoms with Crippen molar-refractivity contribution in [2.75, 3.05) is 33.4 Å². The third-order valence-corrected chi connectivity index (χ3v) is 7.87. The molecule has 0 fully saturated rings. The van der Waals surface area contributed by atoms with E-state index in [0.717, 1.165) is 53.8 Å². The van der Waals surface area contributed by atoms with Crippen molar-refractivity contribution in [2.45, 2.75) is 58.8 Å². The summed E-state index contributed by atoms with van der Waals surface area (Å²) in [7, 11) is 1.71. The molecule has 0 saturated carbocycles. The molecule has 45 heavy (non-hydrogen) atoms. The lowest BCUT2D eigenvalue weighted by atomic mass is 9.99. The number of benzene rings is 3. The Kier molecular flexibility index (Phi) is 13.1. The monoisotopic (exact) mass is 612 g/mol. The number of nitrogens with one attached hydrogen (secondary N) is 4. The first-order valence-electron chi connectivity index (χ1n) is 15.9. The van der Waals surface area contributed by atoms with Gasteiger partial charge in [-0.05, 0) is 66.3 Å². The minimum atomic E-state index is -0.673. The molecule has 4 N–H and O–H groups in total. The van der Waals surface area contributed by atoms with Crippen LogP contribution in [0.2, 0.25) is 0 Å². The Morgan fingerprint density at radius 2 is 1.71 bits per heavy atom. The molecule has 9 nitrogen and oxygen atoms in total. The number of hydrogen-bond donors (Lipinski definition) is 4. The van der Waals surface area contributed by atoms with Crippen LogP contribution in [0.25, 0.3) is 10.8 Å². The highest BCUT2D eigenvalue weighted by atomic mass is 16.5. The van der Waals surface area contributed by atoms with Crippen LogP contribution in [-0.4, -0.2) is 66.1 Å². The zero-order valence-electron chi connectivity index (χ0n) is 27.0. The number of amides is 2. The molecule has 0 radical (unpaired) electrons. The van der Waals surface area contributed by atoms with E-state index in [1.54, 1.807) is 19.5 Å². The van der Waals surface area contributed by atoms with Crippen molar-refractivity contribution in [1.29, 1.82) is 0 Å². The summed E-state index contributed by atoms with van der Waals surface area (Å²) in [4.78, 5) is 36.8. The molecule has 0 aliphatic carbocycles. The quantitative estimate of drug-likeness (QED) is 0.123. The Morgan fingerprint density at radius 3 is 2.44 bits per heavy atom. The van der Waals surface area contributed by atoms with Gasteiger partial charge in [-0.15, -0.1) is 0 Å². The summed E-state index contributed by atoms with van der Waals surface area (Å²) in [6, 6.07) is 20.9. The maximum Gasteiger partial charge on any atom is 0.251 e. The second kappa shape index (κ2) is 17.4. The van der Waals surface area contributed by atoms with Crippen LogP contribution in [0.4, 0.5) is 0 Å². The van der Waals surface area contributed by atoms with Gasteiger partial charge in [0.2, 0.25) is 5.91 Å². The number of hydrogen-bond acceptors (Lipinski definition) is 6. The predicted molar refractivity (Wildman–Crippen MR) is 180 cm³/mol. The molecule has 0 bridgehead atoms. The Bertz CT molecular complexity index is 1470. The summed E-state index contributed by atoms with van der Waals surface area (Å²) >= 11 is 0. The number of aromatic amines is 1. The molecule has 3 aromatic carbocycles. The van der Waals surface area contributed by atoms with Crippen LogP contribution in [0.5, 0.6) is 0 Å². The van der Waals surface area contributed by atoms with E-state index in [0.29, 0.717) is 37.6 Å². The first-order valence-corrected chi connectivity index (χ1v) is 15.9. The fourth-order valence-corrected chi connectivity index (χ4v) is 5.57. The first-order chi connectivity index (χ1) is 21.8. The van der Waals surface area contributed by atoms with Gasteiger partial charge in [-0.2, -0.15) is 0 Å². The third-order valence-electron chi connectivity index (χ3n) is 7.87. The number of aromatic nitrogens is 2. The highest BCUT2D eigenvalue weighted by Crippen LogP contribution is 2.24. The number of nitrogens with zero attached hydrogens (tertiary/aromatic N) is 2. The fourth-order valence-electron chi connectivity index (χ4n) is 5.57. The lowest BCUT2D eigenvalue weighted by Crippen LogP contribution is -2.47. The summed E-state index contributed by atoms with van der Waals surface area (Å²) in [6.07, 6.45) is 4.81. The Labute approximate surface area is 267 Å². The third kappa shape index (κ3) is 10.5. The standard InChI is InChI=1S/C36H48N6O3/c1-26(2)25-42(21-22-45-4)20-8-13-33(36(44)40-27(3)31-12-7-10-29-9-5-6-11-32(29)31)41-35(43)30-16-14-28(15-17-30)23-37-24-34-38-18-19-39-34/h5-7,9-12,14-19,26-27,33,37H,8,13,20-25H2,1-4H3,(H,38,39)(H,40,44)(H,41,43)/t27-,33-/m0/s1. The average molecular weight is 613 g/mol. The van der Waals surface area contributed by atoms with Gasteiger partial charge in [0.1, 0.15) is 11.9 Å². The predicted octanol–water partition coefficient (Wildman–Crippen LogP) is 5.21. The van der Waals surface area contributed by atoms with Gasteiger partial charge >= 0.3 is 0 Å². The lowest BCUT2D eigenvalue weighted by Gasteiger charge is -2.26. The highest BCUT2D eigenvalue weighted by Gasteiger charge is 2.24. The molecular formula is C36H48N6O3. The van der Waals surface area contributed by atoms with Gasteiger partial charge in [-0.1, -0.05) is 68.4 Å². The normalized spacial score (nSPS) is 12.8. The number of H-pyrrole nitrogens is 1. The maximum atomic E-state index is 13.7. The Balaban J connectivity index is 1.42. The summed E-state index contributed by atoms with van der Waals surface area (Å²) in [5.74, 6) is 0.943. The minimum Gasteiger partial charge on any atom is -0.383 e. The zero-order chi connectivity index (χ0) is 32.0. The number of ether oxygens (including phenoxy) is 1. The van der Waals surface area contributed by atoms with Gasteiger partial charge in [-0.3, -0.25) is 9.59 Å². The summed E-state index contributed by atoms with van der Waals surface area (Å²) in [6.45, 7) is 10.9. The molecule has 4 rings (SSSR count). The molecule has 0 saturated heterocycles. The molecule has 0 aliphatic rings. The first kappa shape index (κ1) is 33.8. The number of carbonyl (C=O) groups is 2. The molecule has 2 atom stereocenters. The van der Waals surface area contributed by atoms with E-state index in [9.17, 15) is 9.59 Å². The molecule has 2 amide bonds. The molecule has 4 aromatic rings. The molecular weight excluding hydrogens is 564 g/mol. The van der Waals surface area contributed by atoms with Crippen molar-refractivity contribution in [2.24, 2.45) is 5.92 Å². The number of fused-ring (bicyclic) bond motifs is 1. The van der Waals surface area contributed by atoms with Crippen LogP contribution in [0, 0.1) is 5.92 Å². The van der Waals surface area contributed by atoms with Crippen LogP contribution in [0.1, 0.15) is 67.0 Å². The van der Waals surface area contributed by atoms with Crippen LogP contribution >= 0.6 is 0 Å². The zero-order valence-corrected chi connectivity index (χ0v) is 27.0. The van der Waals surface area contributed by atoms with Gasteiger partial charge in [-0.25, -0.2) is 4.98 Å². The minimum absolute atomic E-state index is 0.185. The van der Waals surface area contributed by atoms with E-state index in [-0.39, 0.29) is 17.9 Å². The molecule has 1 aromatic heterocycles. The number of carbonyl (C=O) groups excluding carboxylic acids is 2. The van der Waals surface area contributed by atoms with Crippen molar-refractivity contribution in [3.8, 4) is 0 Å². The molecule has 1 heterocycles. The van der Waals surface area contributed by atoms with Gasteiger partial charge in [0.15, 0.2) is 0 Å². The van der Waals surface area contributed by atoms with Crippen molar-refractivity contribution in [3.63, 3.8) is 0 Å². The SMILES string of the molecule is COCCN(CCC[C@H](NC(=O)c1ccc(CNCc2ncc[nH]2)cc1)C(=O)N[C@@H](C)c1cccc2ccccc12)CC(C)C. The van der Waals surface area contributed by atoms with Gasteiger partial charge in [0, 0.05) is 44.7 Å². The molecule has 240 valence electrons.